The standard InChI is InChI=1S/C13H20N2O2/c1-9-6-4-5-7-12(9)17-10(2)8-15-13(16)11(3)14/h4-7,10-11H,8,14H2,1-3H3,(H,15,16)/t10?,11-/m0/s1. The van der Waals surface area contributed by atoms with Crippen LogP contribution in [0, 0.1) is 6.92 Å². The van der Waals surface area contributed by atoms with E-state index in [9.17, 15) is 4.79 Å². The van der Waals surface area contributed by atoms with Crippen LogP contribution in [-0.2, 0) is 4.79 Å². The number of ether oxygens (including phenoxy) is 1. The lowest BCUT2D eigenvalue weighted by molar-refractivity contribution is -0.122. The topological polar surface area (TPSA) is 64.3 Å². The average Bonchev–Trinajstić information content (AvgIpc) is 2.29. The molecule has 0 heterocycles. The van der Waals surface area contributed by atoms with Crippen LogP contribution in [0.25, 0.3) is 0 Å². The minimum atomic E-state index is -0.485. The summed E-state index contributed by atoms with van der Waals surface area (Å²) in [5.74, 6) is 0.681. The van der Waals surface area contributed by atoms with E-state index >= 15 is 0 Å². The molecule has 0 radical (unpaired) electrons. The quantitative estimate of drug-likeness (QED) is 0.808. The summed E-state index contributed by atoms with van der Waals surface area (Å²) in [5.41, 5.74) is 6.53. The van der Waals surface area contributed by atoms with E-state index in [2.05, 4.69) is 5.32 Å². The Morgan fingerprint density at radius 1 is 1.41 bits per heavy atom. The first kappa shape index (κ1) is 13.5. The third kappa shape index (κ3) is 4.44. The van der Waals surface area contributed by atoms with E-state index in [0.29, 0.717) is 6.54 Å². The summed E-state index contributed by atoms with van der Waals surface area (Å²) < 4.78 is 5.72. The SMILES string of the molecule is Cc1ccccc1OC(C)CNC(=O)[C@H](C)N. The third-order valence-electron chi connectivity index (χ3n) is 2.40. The van der Waals surface area contributed by atoms with Crippen molar-refractivity contribution in [3.05, 3.63) is 29.8 Å². The normalized spacial score (nSPS) is 13.9. The largest absolute Gasteiger partial charge is 0.489 e. The first-order chi connectivity index (χ1) is 8.00. The zero-order valence-electron chi connectivity index (χ0n) is 10.6. The highest BCUT2D eigenvalue weighted by molar-refractivity contribution is 5.80. The van der Waals surface area contributed by atoms with Crippen LogP contribution in [0.5, 0.6) is 5.75 Å². The number of para-hydroxylation sites is 1. The smallest absolute Gasteiger partial charge is 0.236 e. The summed E-state index contributed by atoms with van der Waals surface area (Å²) in [4.78, 5) is 11.3. The monoisotopic (exact) mass is 236 g/mol. The number of hydrogen-bond acceptors (Lipinski definition) is 3. The Bertz CT molecular complexity index is 377. The van der Waals surface area contributed by atoms with Crippen molar-refractivity contribution in [2.75, 3.05) is 6.54 Å². The van der Waals surface area contributed by atoms with Crippen LogP contribution in [-0.4, -0.2) is 24.6 Å². The number of nitrogens with one attached hydrogen (secondary N) is 1. The van der Waals surface area contributed by atoms with Crippen molar-refractivity contribution >= 4 is 5.91 Å². The molecular weight excluding hydrogens is 216 g/mol. The van der Waals surface area contributed by atoms with Crippen LogP contribution < -0.4 is 15.8 Å². The Morgan fingerprint density at radius 2 is 2.06 bits per heavy atom. The molecule has 0 aliphatic carbocycles. The summed E-state index contributed by atoms with van der Waals surface area (Å²) in [5, 5.41) is 2.73. The fraction of sp³-hybridized carbons (Fsp3) is 0.462. The summed E-state index contributed by atoms with van der Waals surface area (Å²) >= 11 is 0. The molecule has 0 spiro atoms. The molecule has 4 nitrogen and oxygen atoms in total. The molecule has 0 aliphatic rings. The third-order valence-corrected chi connectivity index (χ3v) is 2.40. The summed E-state index contributed by atoms with van der Waals surface area (Å²) in [6.07, 6.45) is -0.0844. The van der Waals surface area contributed by atoms with E-state index in [4.69, 9.17) is 10.5 Å². The van der Waals surface area contributed by atoms with Crippen molar-refractivity contribution < 1.29 is 9.53 Å². The molecule has 1 aromatic carbocycles. The Morgan fingerprint density at radius 3 is 2.65 bits per heavy atom. The maximum Gasteiger partial charge on any atom is 0.236 e. The van der Waals surface area contributed by atoms with Crippen molar-refractivity contribution in [3.8, 4) is 5.75 Å². The molecule has 1 aromatic rings. The molecule has 17 heavy (non-hydrogen) atoms. The van der Waals surface area contributed by atoms with Gasteiger partial charge in [0.1, 0.15) is 11.9 Å². The van der Waals surface area contributed by atoms with Crippen molar-refractivity contribution in [2.24, 2.45) is 5.73 Å². The Balaban J connectivity index is 2.43. The van der Waals surface area contributed by atoms with E-state index in [1.165, 1.54) is 0 Å². The molecule has 0 aromatic heterocycles. The number of rotatable bonds is 5. The zero-order valence-corrected chi connectivity index (χ0v) is 10.6. The van der Waals surface area contributed by atoms with Gasteiger partial charge < -0.3 is 15.8 Å². The molecule has 0 fully saturated rings. The maximum absolute atomic E-state index is 11.3. The number of aryl methyl sites for hydroxylation is 1. The van der Waals surface area contributed by atoms with Gasteiger partial charge in [0.2, 0.25) is 5.91 Å². The molecule has 2 atom stereocenters. The predicted octanol–water partition coefficient (Wildman–Crippen LogP) is 1.23. The number of nitrogens with two attached hydrogens (primary N) is 1. The summed E-state index contributed by atoms with van der Waals surface area (Å²) in [7, 11) is 0. The lowest BCUT2D eigenvalue weighted by atomic mass is 10.2. The number of hydrogen-bond donors (Lipinski definition) is 2. The van der Waals surface area contributed by atoms with Gasteiger partial charge >= 0.3 is 0 Å². The minimum Gasteiger partial charge on any atom is -0.489 e. The molecule has 4 heteroatoms. The van der Waals surface area contributed by atoms with E-state index in [1.807, 2.05) is 38.1 Å². The van der Waals surface area contributed by atoms with Gasteiger partial charge in [-0.2, -0.15) is 0 Å². The van der Waals surface area contributed by atoms with Gasteiger partial charge in [0.15, 0.2) is 0 Å². The van der Waals surface area contributed by atoms with Crippen LogP contribution in [0.4, 0.5) is 0 Å². The Hall–Kier alpha value is -1.55. The van der Waals surface area contributed by atoms with Gasteiger partial charge in [-0.25, -0.2) is 0 Å². The second kappa shape index (κ2) is 6.25. The number of carbonyl (C=O) groups excluding carboxylic acids is 1. The predicted molar refractivity (Wildman–Crippen MR) is 67.9 cm³/mol. The molecule has 0 saturated heterocycles. The van der Waals surface area contributed by atoms with Crippen molar-refractivity contribution in [2.45, 2.75) is 32.9 Å². The van der Waals surface area contributed by atoms with E-state index in [0.717, 1.165) is 11.3 Å². The lowest BCUT2D eigenvalue weighted by Crippen LogP contribution is -2.42. The molecule has 94 valence electrons. The van der Waals surface area contributed by atoms with E-state index < -0.39 is 6.04 Å². The van der Waals surface area contributed by atoms with Gasteiger partial charge in [0.05, 0.1) is 12.6 Å². The van der Waals surface area contributed by atoms with Gasteiger partial charge in [-0.05, 0) is 32.4 Å². The van der Waals surface area contributed by atoms with Crippen molar-refractivity contribution in [3.63, 3.8) is 0 Å². The first-order valence-electron chi connectivity index (χ1n) is 5.76. The first-order valence-corrected chi connectivity index (χ1v) is 5.76. The molecule has 0 aliphatic heterocycles. The second-order valence-corrected chi connectivity index (χ2v) is 4.23. The second-order valence-electron chi connectivity index (χ2n) is 4.23. The molecular formula is C13H20N2O2. The van der Waals surface area contributed by atoms with Gasteiger partial charge in [0.25, 0.3) is 0 Å². The zero-order chi connectivity index (χ0) is 12.8. The van der Waals surface area contributed by atoms with E-state index in [1.54, 1.807) is 6.92 Å². The van der Waals surface area contributed by atoms with Gasteiger partial charge in [-0.15, -0.1) is 0 Å². The van der Waals surface area contributed by atoms with Gasteiger partial charge in [0, 0.05) is 0 Å². The Kier molecular flexibility index (Phi) is 4.97. The van der Waals surface area contributed by atoms with Crippen LogP contribution in [0.15, 0.2) is 24.3 Å². The van der Waals surface area contributed by atoms with Crippen LogP contribution >= 0.6 is 0 Å². The van der Waals surface area contributed by atoms with E-state index in [-0.39, 0.29) is 12.0 Å². The van der Waals surface area contributed by atoms with Gasteiger partial charge in [-0.3, -0.25) is 4.79 Å². The van der Waals surface area contributed by atoms with Crippen LogP contribution in [0.3, 0.4) is 0 Å². The summed E-state index contributed by atoms with van der Waals surface area (Å²) in [6, 6.07) is 7.31. The fourth-order valence-corrected chi connectivity index (χ4v) is 1.35. The van der Waals surface area contributed by atoms with Crippen molar-refractivity contribution in [1.29, 1.82) is 0 Å². The molecule has 3 N–H and O–H groups in total. The number of amides is 1. The molecule has 0 bridgehead atoms. The lowest BCUT2D eigenvalue weighted by Gasteiger charge is -2.17. The number of carbonyl (C=O) groups is 1. The summed E-state index contributed by atoms with van der Waals surface area (Å²) in [6.45, 7) is 6.01. The Labute approximate surface area is 102 Å². The van der Waals surface area contributed by atoms with Crippen molar-refractivity contribution in [1.82, 2.24) is 5.32 Å². The molecule has 1 amide bonds. The molecule has 1 unspecified atom stereocenters. The maximum atomic E-state index is 11.3. The highest BCUT2D eigenvalue weighted by Crippen LogP contribution is 2.17. The fourth-order valence-electron chi connectivity index (χ4n) is 1.35. The highest BCUT2D eigenvalue weighted by atomic mass is 16.5. The average molecular weight is 236 g/mol. The van der Waals surface area contributed by atoms with Crippen LogP contribution in [0.2, 0.25) is 0 Å². The van der Waals surface area contributed by atoms with Gasteiger partial charge in [-0.1, -0.05) is 18.2 Å². The molecule has 0 saturated carbocycles. The van der Waals surface area contributed by atoms with Crippen LogP contribution in [0.1, 0.15) is 19.4 Å². The minimum absolute atomic E-state index is 0.0844. The highest BCUT2D eigenvalue weighted by Gasteiger charge is 2.10. The number of benzene rings is 1. The molecule has 1 rings (SSSR count).